The van der Waals surface area contributed by atoms with Gasteiger partial charge >= 0.3 is 5.97 Å². The Bertz CT molecular complexity index is 430. The lowest BCUT2D eigenvalue weighted by Gasteiger charge is -2.02. The van der Waals surface area contributed by atoms with Gasteiger partial charge in [-0.3, -0.25) is 9.59 Å². The number of amides is 1. The highest BCUT2D eigenvalue weighted by atomic mass is 32.1. The molecule has 0 unspecified atom stereocenters. The van der Waals surface area contributed by atoms with Gasteiger partial charge in [0, 0.05) is 17.5 Å². The lowest BCUT2D eigenvalue weighted by molar-refractivity contribution is -0.137. The minimum Gasteiger partial charge on any atom is -0.480 e. The van der Waals surface area contributed by atoms with Gasteiger partial charge in [0.15, 0.2) is 0 Å². The summed E-state index contributed by atoms with van der Waals surface area (Å²) in [7, 11) is 0. The third kappa shape index (κ3) is 3.66. The summed E-state index contributed by atoms with van der Waals surface area (Å²) >= 11 is 1.22. The number of nitrogens with one attached hydrogen (secondary N) is 2. The summed E-state index contributed by atoms with van der Waals surface area (Å²) in [5.74, 6) is -0.119. The third-order valence-electron chi connectivity index (χ3n) is 2.22. The molecule has 1 fully saturated rings. The molecule has 8 heteroatoms. The molecular weight excluding hydrogens is 244 g/mol. The lowest BCUT2D eigenvalue weighted by atomic mass is 10.4. The van der Waals surface area contributed by atoms with Gasteiger partial charge in [-0.2, -0.15) is 4.37 Å². The fourth-order valence-corrected chi connectivity index (χ4v) is 1.85. The minimum absolute atomic E-state index is 0.00653. The highest BCUT2D eigenvalue weighted by Gasteiger charge is 2.27. The van der Waals surface area contributed by atoms with Crippen molar-refractivity contribution in [2.24, 2.45) is 0 Å². The summed E-state index contributed by atoms with van der Waals surface area (Å²) in [6.45, 7) is -0.365. The predicted octanol–water partition coefficient (Wildman–Crippen LogP) is 0.0282. The largest absolute Gasteiger partial charge is 0.480 e. The molecule has 1 heterocycles. The molecule has 1 saturated carbocycles. The van der Waals surface area contributed by atoms with E-state index in [1.807, 2.05) is 0 Å². The average molecular weight is 256 g/mol. The number of aromatic nitrogens is 2. The first-order valence-corrected chi connectivity index (χ1v) is 5.98. The first-order chi connectivity index (χ1) is 8.15. The molecule has 0 bridgehead atoms. The SMILES string of the molecule is O=C(O)CNC(=O)CNc1nc(C2CC2)ns1. The van der Waals surface area contributed by atoms with Crippen molar-refractivity contribution in [1.82, 2.24) is 14.7 Å². The zero-order chi connectivity index (χ0) is 12.3. The predicted molar refractivity (Wildman–Crippen MR) is 61.0 cm³/mol. The molecule has 0 aliphatic heterocycles. The van der Waals surface area contributed by atoms with E-state index in [0.717, 1.165) is 18.7 Å². The first kappa shape index (κ1) is 11.8. The van der Waals surface area contributed by atoms with Crippen molar-refractivity contribution in [2.75, 3.05) is 18.4 Å². The number of carboxylic acids is 1. The number of hydrogen-bond donors (Lipinski definition) is 3. The molecule has 0 spiro atoms. The fourth-order valence-electron chi connectivity index (χ4n) is 1.21. The number of nitrogens with zero attached hydrogens (tertiary/aromatic N) is 2. The number of carbonyl (C=O) groups excluding carboxylic acids is 1. The topological polar surface area (TPSA) is 104 Å². The number of rotatable bonds is 6. The van der Waals surface area contributed by atoms with Gasteiger partial charge in [-0.05, 0) is 12.8 Å². The van der Waals surface area contributed by atoms with Crippen molar-refractivity contribution < 1.29 is 14.7 Å². The maximum atomic E-state index is 11.2. The van der Waals surface area contributed by atoms with Crippen LogP contribution >= 0.6 is 11.5 Å². The molecule has 0 saturated heterocycles. The summed E-state index contributed by atoms with van der Waals surface area (Å²) in [5, 5.41) is 14.0. The van der Waals surface area contributed by atoms with E-state index in [2.05, 4.69) is 20.0 Å². The zero-order valence-electron chi connectivity index (χ0n) is 8.97. The van der Waals surface area contributed by atoms with Crippen molar-refractivity contribution in [1.29, 1.82) is 0 Å². The summed E-state index contributed by atoms with van der Waals surface area (Å²) in [6.07, 6.45) is 2.27. The second-order valence-corrected chi connectivity index (χ2v) is 4.51. The fraction of sp³-hybridized carbons (Fsp3) is 0.556. The van der Waals surface area contributed by atoms with E-state index in [9.17, 15) is 9.59 Å². The van der Waals surface area contributed by atoms with Gasteiger partial charge in [0.1, 0.15) is 12.4 Å². The van der Waals surface area contributed by atoms with Crippen LogP contribution in [0, 0.1) is 0 Å². The monoisotopic (exact) mass is 256 g/mol. The van der Waals surface area contributed by atoms with E-state index in [-0.39, 0.29) is 19.0 Å². The maximum absolute atomic E-state index is 11.2. The number of carbonyl (C=O) groups is 2. The molecule has 0 atom stereocenters. The zero-order valence-corrected chi connectivity index (χ0v) is 9.79. The number of hydrogen-bond acceptors (Lipinski definition) is 6. The quantitative estimate of drug-likeness (QED) is 0.663. The van der Waals surface area contributed by atoms with E-state index in [1.54, 1.807) is 0 Å². The smallest absolute Gasteiger partial charge is 0.322 e. The van der Waals surface area contributed by atoms with E-state index < -0.39 is 5.97 Å². The Morgan fingerprint density at radius 1 is 1.41 bits per heavy atom. The molecule has 1 aliphatic carbocycles. The Labute approximate surface area is 101 Å². The average Bonchev–Trinajstić information content (AvgIpc) is 3.04. The minimum atomic E-state index is -1.06. The van der Waals surface area contributed by atoms with Crippen LogP contribution in [0.1, 0.15) is 24.6 Å². The second kappa shape index (κ2) is 5.09. The molecule has 0 aromatic carbocycles. The standard InChI is InChI=1S/C9H12N4O3S/c14-6(10-4-7(15)16)3-11-9-12-8(13-17-9)5-1-2-5/h5H,1-4H2,(H,10,14)(H,15,16)(H,11,12,13). The highest BCUT2D eigenvalue weighted by Crippen LogP contribution is 2.39. The molecule has 3 N–H and O–H groups in total. The van der Waals surface area contributed by atoms with Crippen molar-refractivity contribution in [3.8, 4) is 0 Å². The Kier molecular flexibility index (Phi) is 3.52. The molecule has 7 nitrogen and oxygen atoms in total. The van der Waals surface area contributed by atoms with Gasteiger partial charge in [-0.15, -0.1) is 0 Å². The van der Waals surface area contributed by atoms with Crippen molar-refractivity contribution in [3.63, 3.8) is 0 Å². The molecule has 1 amide bonds. The number of carboxylic acid groups (broad SMARTS) is 1. The van der Waals surface area contributed by atoms with Crippen molar-refractivity contribution in [2.45, 2.75) is 18.8 Å². The van der Waals surface area contributed by atoms with Gasteiger partial charge < -0.3 is 15.7 Å². The van der Waals surface area contributed by atoms with Gasteiger partial charge in [-0.1, -0.05) is 0 Å². The summed E-state index contributed by atoms with van der Waals surface area (Å²) in [4.78, 5) is 25.6. The molecule has 1 aliphatic rings. The van der Waals surface area contributed by atoms with E-state index >= 15 is 0 Å². The van der Waals surface area contributed by atoms with Crippen molar-refractivity contribution in [3.05, 3.63) is 5.82 Å². The van der Waals surface area contributed by atoms with E-state index in [1.165, 1.54) is 11.5 Å². The van der Waals surface area contributed by atoms with Gasteiger partial charge in [0.25, 0.3) is 0 Å². The van der Waals surface area contributed by atoms with E-state index in [4.69, 9.17) is 5.11 Å². The highest BCUT2D eigenvalue weighted by molar-refractivity contribution is 7.09. The Hall–Kier alpha value is -1.70. The number of anilines is 1. The van der Waals surface area contributed by atoms with Crippen LogP contribution in [0.25, 0.3) is 0 Å². The molecule has 0 radical (unpaired) electrons. The Balaban J connectivity index is 1.72. The first-order valence-electron chi connectivity index (χ1n) is 5.21. The summed E-state index contributed by atoms with van der Waals surface area (Å²) in [6, 6.07) is 0. The van der Waals surface area contributed by atoms with Crippen molar-refractivity contribution >= 4 is 28.5 Å². The molecule has 1 aromatic heterocycles. The number of aliphatic carboxylic acids is 1. The Morgan fingerprint density at radius 3 is 2.82 bits per heavy atom. The lowest BCUT2D eigenvalue weighted by Crippen LogP contribution is -2.33. The van der Waals surface area contributed by atoms with Gasteiger partial charge in [0.2, 0.25) is 11.0 Å². The molecule has 17 heavy (non-hydrogen) atoms. The van der Waals surface area contributed by atoms with Crippen LogP contribution in [0.5, 0.6) is 0 Å². The van der Waals surface area contributed by atoms with Crippen LogP contribution in [0.4, 0.5) is 5.13 Å². The molecule has 1 aromatic rings. The normalized spacial score (nSPS) is 14.4. The van der Waals surface area contributed by atoms with Crippen LogP contribution in [0.3, 0.4) is 0 Å². The third-order valence-corrected chi connectivity index (χ3v) is 2.91. The Morgan fingerprint density at radius 2 is 2.18 bits per heavy atom. The van der Waals surface area contributed by atoms with Crippen LogP contribution in [-0.4, -0.2) is 39.4 Å². The second-order valence-electron chi connectivity index (χ2n) is 3.76. The summed E-state index contributed by atoms with van der Waals surface area (Å²) < 4.78 is 4.17. The molecule has 92 valence electrons. The van der Waals surface area contributed by atoms with Crippen LogP contribution in [0.2, 0.25) is 0 Å². The van der Waals surface area contributed by atoms with Gasteiger partial charge in [-0.25, -0.2) is 4.98 Å². The van der Waals surface area contributed by atoms with E-state index in [0.29, 0.717) is 11.0 Å². The molecule has 2 rings (SSSR count). The maximum Gasteiger partial charge on any atom is 0.322 e. The van der Waals surface area contributed by atoms with Crippen LogP contribution in [0.15, 0.2) is 0 Å². The van der Waals surface area contributed by atoms with Crippen LogP contribution < -0.4 is 10.6 Å². The van der Waals surface area contributed by atoms with Gasteiger partial charge in [0.05, 0.1) is 6.54 Å². The molecular formula is C9H12N4O3S. The van der Waals surface area contributed by atoms with Crippen LogP contribution in [-0.2, 0) is 9.59 Å². The summed E-state index contributed by atoms with van der Waals surface area (Å²) in [5.41, 5.74) is 0.